The van der Waals surface area contributed by atoms with Gasteiger partial charge in [0.15, 0.2) is 17.5 Å². The van der Waals surface area contributed by atoms with Crippen LogP contribution in [-0.4, -0.2) is 56.9 Å². The largest absolute Gasteiger partial charge is 0.377 e. The third-order valence-corrected chi connectivity index (χ3v) is 4.57. The summed E-state index contributed by atoms with van der Waals surface area (Å²) in [6.45, 7) is 1.55. The number of morpholine rings is 1. The molecule has 0 bridgehead atoms. The minimum atomic E-state index is -0.352. The third kappa shape index (κ3) is 2.40. The van der Waals surface area contributed by atoms with Crippen LogP contribution in [0.2, 0.25) is 0 Å². The van der Waals surface area contributed by atoms with Crippen LogP contribution in [0.25, 0.3) is 22.6 Å². The van der Waals surface area contributed by atoms with Gasteiger partial charge in [-0.05, 0) is 0 Å². The molecule has 1 fully saturated rings. The molecular formula is C17H17N7O2. The summed E-state index contributed by atoms with van der Waals surface area (Å²) in [4.78, 5) is 27.5. The molecule has 2 aliphatic heterocycles. The van der Waals surface area contributed by atoms with Crippen LogP contribution in [-0.2, 0) is 9.53 Å². The molecule has 1 unspecified atom stereocenters. The molecule has 9 nitrogen and oxygen atoms in total. The Morgan fingerprint density at radius 1 is 1.19 bits per heavy atom. The van der Waals surface area contributed by atoms with E-state index >= 15 is 0 Å². The first-order valence-electron chi connectivity index (χ1n) is 8.28. The fourth-order valence-corrected chi connectivity index (χ4v) is 3.22. The summed E-state index contributed by atoms with van der Waals surface area (Å²) in [7, 11) is 0. The Hall–Kier alpha value is -3.33. The van der Waals surface area contributed by atoms with Crippen molar-refractivity contribution in [3.8, 4) is 22.6 Å². The molecule has 1 aromatic carbocycles. The van der Waals surface area contributed by atoms with Gasteiger partial charge in [-0.15, -0.1) is 0 Å². The number of nitrogens with one attached hydrogen (secondary N) is 2. The van der Waals surface area contributed by atoms with Crippen molar-refractivity contribution in [3.63, 3.8) is 0 Å². The molecule has 2 aliphatic rings. The lowest BCUT2D eigenvalue weighted by molar-refractivity contribution is -0.120. The fourth-order valence-electron chi connectivity index (χ4n) is 3.22. The van der Waals surface area contributed by atoms with Gasteiger partial charge in [-0.25, -0.2) is 15.0 Å². The van der Waals surface area contributed by atoms with E-state index in [1.807, 2.05) is 29.2 Å². The number of carbonyl (C=O) groups is 1. The SMILES string of the molecule is O=C1Nc2ncc(-c3ccc(-c4ncn[nH]4)cc3)nc2N2CCOCC12.[HH]. The second-order valence-electron chi connectivity index (χ2n) is 6.11. The number of rotatable bonds is 2. The Bertz CT molecular complexity index is 962. The molecule has 0 spiro atoms. The molecule has 3 aromatic rings. The van der Waals surface area contributed by atoms with Crippen LogP contribution in [0.15, 0.2) is 36.8 Å². The Labute approximate surface area is 149 Å². The number of benzene rings is 1. The summed E-state index contributed by atoms with van der Waals surface area (Å²) in [5, 5.41) is 9.52. The number of nitrogens with zero attached hydrogens (tertiary/aromatic N) is 5. The molecule has 26 heavy (non-hydrogen) atoms. The van der Waals surface area contributed by atoms with E-state index in [0.717, 1.165) is 16.8 Å². The average Bonchev–Trinajstić information content (AvgIpc) is 3.23. The van der Waals surface area contributed by atoms with Gasteiger partial charge >= 0.3 is 0 Å². The Morgan fingerprint density at radius 3 is 2.85 bits per heavy atom. The molecule has 2 aromatic heterocycles. The van der Waals surface area contributed by atoms with Gasteiger partial charge in [0, 0.05) is 19.1 Å². The predicted octanol–water partition coefficient (Wildman–Crippen LogP) is 1.33. The normalized spacial score (nSPS) is 18.8. The Balaban J connectivity index is 0.00000180. The molecule has 0 radical (unpaired) electrons. The molecular weight excluding hydrogens is 334 g/mol. The molecule has 5 rings (SSSR count). The van der Waals surface area contributed by atoms with Gasteiger partial charge in [0.1, 0.15) is 12.4 Å². The number of aromatic amines is 1. The fraction of sp³-hybridized carbons (Fsp3) is 0.235. The van der Waals surface area contributed by atoms with Gasteiger partial charge < -0.3 is 15.0 Å². The summed E-state index contributed by atoms with van der Waals surface area (Å²) in [5.41, 5.74) is 2.62. The monoisotopic (exact) mass is 351 g/mol. The van der Waals surface area contributed by atoms with Crippen LogP contribution in [0.3, 0.4) is 0 Å². The first-order valence-corrected chi connectivity index (χ1v) is 8.28. The number of hydrogen-bond acceptors (Lipinski definition) is 7. The number of hydrogen-bond donors (Lipinski definition) is 2. The lowest BCUT2D eigenvalue weighted by Gasteiger charge is -2.39. The van der Waals surface area contributed by atoms with Crippen molar-refractivity contribution < 1.29 is 11.0 Å². The second kappa shape index (κ2) is 5.88. The number of ether oxygens (including phenoxy) is 1. The van der Waals surface area contributed by atoms with E-state index in [-0.39, 0.29) is 13.4 Å². The van der Waals surface area contributed by atoms with Crippen LogP contribution in [0.5, 0.6) is 0 Å². The zero-order valence-electron chi connectivity index (χ0n) is 13.7. The van der Waals surface area contributed by atoms with E-state index in [2.05, 4.69) is 25.5 Å². The molecule has 1 atom stereocenters. The maximum atomic E-state index is 12.2. The number of H-pyrrole nitrogens is 1. The summed E-state index contributed by atoms with van der Waals surface area (Å²) in [6.07, 6.45) is 3.15. The summed E-state index contributed by atoms with van der Waals surface area (Å²) < 4.78 is 5.42. The highest BCUT2D eigenvalue weighted by Gasteiger charge is 2.37. The van der Waals surface area contributed by atoms with E-state index in [0.29, 0.717) is 37.2 Å². The maximum absolute atomic E-state index is 12.2. The van der Waals surface area contributed by atoms with Gasteiger partial charge in [-0.1, -0.05) is 24.3 Å². The van der Waals surface area contributed by atoms with Crippen LogP contribution >= 0.6 is 0 Å². The lowest BCUT2D eigenvalue weighted by Crippen LogP contribution is -2.55. The summed E-state index contributed by atoms with van der Waals surface area (Å²) in [5.74, 6) is 1.80. The van der Waals surface area contributed by atoms with Crippen molar-refractivity contribution in [1.82, 2.24) is 25.1 Å². The number of aromatic nitrogens is 5. The van der Waals surface area contributed by atoms with E-state index < -0.39 is 0 Å². The molecule has 2 N–H and O–H groups in total. The number of anilines is 2. The van der Waals surface area contributed by atoms with Gasteiger partial charge in [0.05, 0.1) is 25.1 Å². The van der Waals surface area contributed by atoms with Gasteiger partial charge in [0.25, 0.3) is 5.91 Å². The van der Waals surface area contributed by atoms with Crippen LogP contribution < -0.4 is 10.2 Å². The quantitative estimate of drug-likeness (QED) is 0.717. The van der Waals surface area contributed by atoms with Crippen molar-refractivity contribution >= 4 is 17.5 Å². The standard InChI is InChI=1S/C17H15N7O2.H2/c25-17-13-8-26-6-5-24(13)16-15(22-17)18-7-12(21-16)10-1-3-11(4-2-10)14-19-9-20-23-14;/h1-4,7,9,13H,5-6,8H2,(H,18,22,25)(H,19,20,23);1H. The first-order chi connectivity index (χ1) is 12.8. The zero-order valence-corrected chi connectivity index (χ0v) is 13.7. The van der Waals surface area contributed by atoms with Crippen molar-refractivity contribution in [2.24, 2.45) is 0 Å². The van der Waals surface area contributed by atoms with Crippen LogP contribution in [0.1, 0.15) is 1.43 Å². The minimum Gasteiger partial charge on any atom is -0.377 e. The van der Waals surface area contributed by atoms with E-state index in [1.165, 1.54) is 6.33 Å². The Morgan fingerprint density at radius 2 is 2.04 bits per heavy atom. The highest BCUT2D eigenvalue weighted by atomic mass is 16.5. The lowest BCUT2D eigenvalue weighted by atomic mass is 10.1. The van der Waals surface area contributed by atoms with Crippen LogP contribution in [0.4, 0.5) is 11.6 Å². The number of fused-ring (bicyclic) bond motifs is 3. The second-order valence-corrected chi connectivity index (χ2v) is 6.11. The highest BCUT2D eigenvalue weighted by Crippen LogP contribution is 2.32. The van der Waals surface area contributed by atoms with Crippen molar-refractivity contribution in [1.29, 1.82) is 0 Å². The van der Waals surface area contributed by atoms with Crippen molar-refractivity contribution in [2.45, 2.75) is 6.04 Å². The molecule has 1 amide bonds. The maximum Gasteiger partial charge on any atom is 0.250 e. The molecule has 0 aliphatic carbocycles. The van der Waals surface area contributed by atoms with Gasteiger partial charge in [0.2, 0.25) is 0 Å². The molecule has 4 heterocycles. The molecule has 9 heteroatoms. The molecule has 1 saturated heterocycles. The van der Waals surface area contributed by atoms with E-state index in [4.69, 9.17) is 9.72 Å². The summed E-state index contributed by atoms with van der Waals surface area (Å²) in [6, 6.07) is 7.49. The van der Waals surface area contributed by atoms with Crippen molar-refractivity contribution in [3.05, 3.63) is 36.8 Å². The predicted molar refractivity (Wildman–Crippen MR) is 95.5 cm³/mol. The topological polar surface area (TPSA) is 109 Å². The minimum absolute atomic E-state index is 0. The molecule has 132 valence electrons. The Kier molecular flexibility index (Phi) is 3.39. The third-order valence-electron chi connectivity index (χ3n) is 4.57. The number of carbonyl (C=O) groups excluding carboxylic acids is 1. The van der Waals surface area contributed by atoms with Gasteiger partial charge in [-0.3, -0.25) is 9.89 Å². The van der Waals surface area contributed by atoms with Gasteiger partial charge in [-0.2, -0.15) is 5.10 Å². The highest BCUT2D eigenvalue weighted by molar-refractivity contribution is 6.02. The van der Waals surface area contributed by atoms with E-state index in [1.54, 1.807) is 6.20 Å². The summed E-state index contributed by atoms with van der Waals surface area (Å²) >= 11 is 0. The first kappa shape index (κ1) is 15.0. The van der Waals surface area contributed by atoms with Crippen LogP contribution in [0, 0.1) is 0 Å². The van der Waals surface area contributed by atoms with Crippen molar-refractivity contribution in [2.75, 3.05) is 30.0 Å². The average molecular weight is 351 g/mol. The zero-order chi connectivity index (χ0) is 17.5. The smallest absolute Gasteiger partial charge is 0.250 e. The molecule has 0 saturated carbocycles. The number of amides is 1. The van der Waals surface area contributed by atoms with E-state index in [9.17, 15) is 4.79 Å².